The van der Waals surface area contributed by atoms with Crippen LogP contribution in [0.25, 0.3) is 0 Å². The molecule has 20 heavy (non-hydrogen) atoms. The SMILES string of the molecule is CCCNC(=O)CNC(=O)CCc1cccc(OC)c1. The molecular formula is C15H22N2O3. The monoisotopic (exact) mass is 278 g/mol. The molecule has 0 aliphatic heterocycles. The zero-order valence-corrected chi connectivity index (χ0v) is 12.1. The number of nitrogens with one attached hydrogen (secondary N) is 2. The number of carbonyl (C=O) groups is 2. The first kappa shape index (κ1) is 16.0. The summed E-state index contributed by atoms with van der Waals surface area (Å²) in [4.78, 5) is 22.9. The number of amides is 2. The molecule has 0 saturated heterocycles. The maximum Gasteiger partial charge on any atom is 0.239 e. The summed E-state index contributed by atoms with van der Waals surface area (Å²) in [5.74, 6) is 0.503. The van der Waals surface area contributed by atoms with Crippen molar-refractivity contribution in [1.82, 2.24) is 10.6 Å². The molecule has 5 heteroatoms. The average molecular weight is 278 g/mol. The fourth-order valence-corrected chi connectivity index (χ4v) is 1.68. The standard InChI is InChI=1S/C15H22N2O3/c1-3-9-16-15(19)11-17-14(18)8-7-12-5-4-6-13(10-12)20-2/h4-6,10H,3,7-9,11H2,1-2H3,(H,16,19)(H,17,18). The van der Waals surface area contributed by atoms with Gasteiger partial charge in [-0.05, 0) is 30.5 Å². The summed E-state index contributed by atoms with van der Waals surface area (Å²) in [6.45, 7) is 2.66. The number of carbonyl (C=O) groups excluding carboxylic acids is 2. The summed E-state index contributed by atoms with van der Waals surface area (Å²) in [6.07, 6.45) is 1.86. The molecule has 2 N–H and O–H groups in total. The van der Waals surface area contributed by atoms with E-state index in [4.69, 9.17) is 4.74 Å². The van der Waals surface area contributed by atoms with Crippen LogP contribution in [-0.2, 0) is 16.0 Å². The second-order valence-corrected chi connectivity index (χ2v) is 4.48. The molecular weight excluding hydrogens is 256 g/mol. The first-order chi connectivity index (χ1) is 9.65. The number of hydrogen-bond donors (Lipinski definition) is 2. The number of benzene rings is 1. The molecule has 1 aromatic rings. The van der Waals surface area contributed by atoms with E-state index in [0.29, 0.717) is 19.4 Å². The molecule has 0 unspecified atom stereocenters. The van der Waals surface area contributed by atoms with E-state index in [0.717, 1.165) is 17.7 Å². The predicted octanol–water partition coefficient (Wildman–Crippen LogP) is 1.27. The van der Waals surface area contributed by atoms with Gasteiger partial charge in [-0.1, -0.05) is 19.1 Å². The van der Waals surface area contributed by atoms with E-state index in [2.05, 4.69) is 10.6 Å². The molecule has 0 heterocycles. The largest absolute Gasteiger partial charge is 0.497 e. The lowest BCUT2D eigenvalue weighted by Crippen LogP contribution is -2.37. The van der Waals surface area contributed by atoms with Crippen molar-refractivity contribution in [3.05, 3.63) is 29.8 Å². The van der Waals surface area contributed by atoms with Crippen molar-refractivity contribution in [3.8, 4) is 5.75 Å². The third kappa shape index (κ3) is 6.22. The molecule has 0 bridgehead atoms. The van der Waals surface area contributed by atoms with Crippen molar-refractivity contribution in [1.29, 1.82) is 0 Å². The highest BCUT2D eigenvalue weighted by molar-refractivity contribution is 5.84. The van der Waals surface area contributed by atoms with Gasteiger partial charge in [0.15, 0.2) is 0 Å². The first-order valence-corrected chi connectivity index (χ1v) is 6.82. The third-order valence-electron chi connectivity index (χ3n) is 2.79. The minimum Gasteiger partial charge on any atom is -0.497 e. The Hall–Kier alpha value is -2.04. The second-order valence-electron chi connectivity index (χ2n) is 4.48. The van der Waals surface area contributed by atoms with Crippen LogP contribution in [-0.4, -0.2) is 32.0 Å². The smallest absolute Gasteiger partial charge is 0.239 e. The summed E-state index contributed by atoms with van der Waals surface area (Å²) < 4.78 is 5.12. The Labute approximate surface area is 119 Å². The summed E-state index contributed by atoms with van der Waals surface area (Å²) in [5.41, 5.74) is 1.04. The van der Waals surface area contributed by atoms with E-state index >= 15 is 0 Å². The van der Waals surface area contributed by atoms with Gasteiger partial charge in [-0.25, -0.2) is 0 Å². The van der Waals surface area contributed by atoms with Crippen molar-refractivity contribution >= 4 is 11.8 Å². The minimum absolute atomic E-state index is 0.0386. The number of hydrogen-bond acceptors (Lipinski definition) is 3. The summed E-state index contributed by atoms with van der Waals surface area (Å²) in [6, 6.07) is 7.61. The highest BCUT2D eigenvalue weighted by atomic mass is 16.5. The Morgan fingerprint density at radius 3 is 2.70 bits per heavy atom. The summed E-state index contributed by atoms with van der Waals surface area (Å²) in [5, 5.41) is 5.31. The van der Waals surface area contributed by atoms with Crippen molar-refractivity contribution in [2.24, 2.45) is 0 Å². The second kappa shape index (κ2) is 8.96. The van der Waals surface area contributed by atoms with Gasteiger partial charge >= 0.3 is 0 Å². The van der Waals surface area contributed by atoms with Gasteiger partial charge < -0.3 is 15.4 Å². The number of rotatable bonds is 8. The summed E-state index contributed by atoms with van der Waals surface area (Å²) >= 11 is 0. The van der Waals surface area contributed by atoms with Crippen LogP contribution < -0.4 is 15.4 Å². The molecule has 110 valence electrons. The molecule has 0 radical (unpaired) electrons. The molecule has 0 atom stereocenters. The Kier molecular flexibility index (Phi) is 7.17. The maximum atomic E-state index is 11.6. The van der Waals surface area contributed by atoms with Crippen LogP contribution in [0.15, 0.2) is 24.3 Å². The molecule has 0 aliphatic rings. The maximum absolute atomic E-state index is 11.6. The van der Waals surface area contributed by atoms with Crippen LogP contribution >= 0.6 is 0 Å². The van der Waals surface area contributed by atoms with Crippen molar-refractivity contribution < 1.29 is 14.3 Å². The molecule has 1 aromatic carbocycles. The van der Waals surface area contributed by atoms with Gasteiger partial charge in [-0.3, -0.25) is 9.59 Å². The van der Waals surface area contributed by atoms with E-state index in [1.807, 2.05) is 31.2 Å². The quantitative estimate of drug-likeness (QED) is 0.752. The van der Waals surface area contributed by atoms with Crippen LogP contribution in [0.1, 0.15) is 25.3 Å². The highest BCUT2D eigenvalue weighted by Crippen LogP contribution is 2.13. The molecule has 1 rings (SSSR count). The minimum atomic E-state index is -0.151. The lowest BCUT2D eigenvalue weighted by atomic mass is 10.1. The zero-order chi connectivity index (χ0) is 14.8. The molecule has 0 saturated carbocycles. The number of methoxy groups -OCH3 is 1. The van der Waals surface area contributed by atoms with E-state index in [-0.39, 0.29) is 18.4 Å². The van der Waals surface area contributed by atoms with Gasteiger partial charge in [0, 0.05) is 13.0 Å². The molecule has 0 fully saturated rings. The van der Waals surface area contributed by atoms with E-state index in [1.54, 1.807) is 7.11 Å². The lowest BCUT2D eigenvalue weighted by Gasteiger charge is -2.07. The van der Waals surface area contributed by atoms with Gasteiger partial charge in [0.2, 0.25) is 11.8 Å². The normalized spacial score (nSPS) is 9.90. The van der Waals surface area contributed by atoms with Crippen LogP contribution in [0.5, 0.6) is 5.75 Å². The van der Waals surface area contributed by atoms with Gasteiger partial charge in [0.1, 0.15) is 5.75 Å². The predicted molar refractivity (Wildman–Crippen MR) is 77.6 cm³/mol. The Bertz CT molecular complexity index is 446. The van der Waals surface area contributed by atoms with Crippen molar-refractivity contribution in [3.63, 3.8) is 0 Å². The van der Waals surface area contributed by atoms with Crippen molar-refractivity contribution in [2.75, 3.05) is 20.2 Å². The van der Waals surface area contributed by atoms with Gasteiger partial charge in [0.05, 0.1) is 13.7 Å². The number of aryl methyl sites for hydroxylation is 1. The van der Waals surface area contributed by atoms with E-state index in [9.17, 15) is 9.59 Å². The third-order valence-corrected chi connectivity index (χ3v) is 2.79. The van der Waals surface area contributed by atoms with Crippen LogP contribution in [0.3, 0.4) is 0 Å². The van der Waals surface area contributed by atoms with Gasteiger partial charge in [-0.2, -0.15) is 0 Å². The first-order valence-electron chi connectivity index (χ1n) is 6.82. The van der Waals surface area contributed by atoms with Crippen LogP contribution in [0, 0.1) is 0 Å². The molecule has 0 aromatic heterocycles. The van der Waals surface area contributed by atoms with Gasteiger partial charge in [-0.15, -0.1) is 0 Å². The van der Waals surface area contributed by atoms with Crippen LogP contribution in [0.2, 0.25) is 0 Å². The van der Waals surface area contributed by atoms with Crippen molar-refractivity contribution in [2.45, 2.75) is 26.2 Å². The zero-order valence-electron chi connectivity index (χ0n) is 12.1. The van der Waals surface area contributed by atoms with Gasteiger partial charge in [0.25, 0.3) is 0 Å². The summed E-state index contributed by atoms with van der Waals surface area (Å²) in [7, 11) is 1.61. The van der Waals surface area contributed by atoms with Crippen LogP contribution in [0.4, 0.5) is 0 Å². The molecule has 0 aliphatic carbocycles. The molecule has 5 nitrogen and oxygen atoms in total. The number of ether oxygens (including phenoxy) is 1. The average Bonchev–Trinajstić information content (AvgIpc) is 2.49. The Morgan fingerprint density at radius 1 is 1.20 bits per heavy atom. The molecule has 0 spiro atoms. The fraction of sp³-hybridized carbons (Fsp3) is 0.467. The lowest BCUT2D eigenvalue weighted by molar-refractivity contribution is -0.126. The highest BCUT2D eigenvalue weighted by Gasteiger charge is 2.05. The molecule has 2 amide bonds. The Balaban J connectivity index is 2.27. The fourth-order valence-electron chi connectivity index (χ4n) is 1.68. The topological polar surface area (TPSA) is 67.4 Å². The van der Waals surface area contributed by atoms with E-state index < -0.39 is 0 Å². The van der Waals surface area contributed by atoms with E-state index in [1.165, 1.54) is 0 Å². The Morgan fingerprint density at radius 2 is 2.00 bits per heavy atom.